The van der Waals surface area contributed by atoms with Gasteiger partial charge in [0, 0.05) is 18.6 Å². The summed E-state index contributed by atoms with van der Waals surface area (Å²) in [6.07, 6.45) is 6.00. The fourth-order valence-electron chi connectivity index (χ4n) is 1.79. The summed E-state index contributed by atoms with van der Waals surface area (Å²) in [5.74, 6) is 0.213. The molecule has 7 heteroatoms. The third-order valence-electron chi connectivity index (χ3n) is 2.63. The van der Waals surface area contributed by atoms with E-state index >= 15 is 0 Å². The molecule has 3 aromatic rings. The van der Waals surface area contributed by atoms with Gasteiger partial charge in [-0.2, -0.15) is 0 Å². The van der Waals surface area contributed by atoms with Crippen molar-refractivity contribution >= 4 is 27.0 Å². The van der Waals surface area contributed by atoms with E-state index in [1.54, 1.807) is 18.3 Å². The first-order chi connectivity index (χ1) is 9.20. The molecule has 94 valence electrons. The van der Waals surface area contributed by atoms with E-state index in [2.05, 4.69) is 30.9 Å². The number of nitrogens with zero attached hydrogens (tertiary/aromatic N) is 4. The zero-order valence-corrected chi connectivity index (χ0v) is 11.1. The number of aromatic hydroxyl groups is 1. The van der Waals surface area contributed by atoms with E-state index < -0.39 is 5.56 Å². The molecule has 3 aromatic heterocycles. The zero-order chi connectivity index (χ0) is 13.4. The van der Waals surface area contributed by atoms with Crippen LogP contribution in [-0.2, 0) is 0 Å². The highest BCUT2D eigenvalue weighted by Gasteiger charge is 2.16. The Morgan fingerprint density at radius 2 is 2.05 bits per heavy atom. The number of pyridine rings is 2. The lowest BCUT2D eigenvalue weighted by Gasteiger charge is -2.10. The van der Waals surface area contributed by atoms with Gasteiger partial charge in [0.25, 0.3) is 5.56 Å². The number of fused-ring (bicyclic) bond motifs is 1. The van der Waals surface area contributed by atoms with Crippen LogP contribution in [0.3, 0.4) is 0 Å². The predicted octanol–water partition coefficient (Wildman–Crippen LogP) is 1.64. The molecule has 1 N–H and O–H groups in total. The summed E-state index contributed by atoms with van der Waals surface area (Å²) in [4.78, 5) is 24.4. The van der Waals surface area contributed by atoms with E-state index in [0.717, 1.165) is 0 Å². The van der Waals surface area contributed by atoms with Gasteiger partial charge in [0.15, 0.2) is 11.5 Å². The molecule has 0 radical (unpaired) electrons. The molecule has 6 nitrogen and oxygen atoms in total. The number of aromatic nitrogens is 4. The molecule has 0 saturated heterocycles. The Balaban J connectivity index is 2.52. The lowest BCUT2D eigenvalue weighted by Crippen LogP contribution is -2.21. The molecule has 0 atom stereocenters. The summed E-state index contributed by atoms with van der Waals surface area (Å²) in [7, 11) is 0. The molecule has 0 fully saturated rings. The van der Waals surface area contributed by atoms with Crippen LogP contribution in [0.15, 0.2) is 46.2 Å². The zero-order valence-electron chi connectivity index (χ0n) is 9.49. The fraction of sp³-hybridized carbons (Fsp3) is 0. The van der Waals surface area contributed by atoms with Gasteiger partial charge in [-0.1, -0.05) is 0 Å². The first kappa shape index (κ1) is 11.8. The first-order valence-corrected chi connectivity index (χ1v) is 6.14. The van der Waals surface area contributed by atoms with E-state index in [9.17, 15) is 9.90 Å². The number of hydrogen-bond donors (Lipinski definition) is 1. The van der Waals surface area contributed by atoms with Crippen molar-refractivity contribution in [2.75, 3.05) is 0 Å². The van der Waals surface area contributed by atoms with E-state index in [4.69, 9.17) is 0 Å². The van der Waals surface area contributed by atoms with Crippen molar-refractivity contribution in [2.45, 2.75) is 0 Å². The minimum Gasteiger partial charge on any atom is -0.506 e. The molecule has 0 saturated carbocycles. The summed E-state index contributed by atoms with van der Waals surface area (Å²) in [5, 5.41) is 10.4. The standard InChI is InChI=1S/C12H7BrN4O2/c13-9-10(18)7-2-1-3-16-11(7)17(12(9)19)8-6-14-4-5-15-8/h1-6,18H. The average Bonchev–Trinajstić information content (AvgIpc) is 2.46. The van der Waals surface area contributed by atoms with Crippen LogP contribution >= 0.6 is 15.9 Å². The quantitative estimate of drug-likeness (QED) is 0.737. The third-order valence-corrected chi connectivity index (χ3v) is 3.35. The monoisotopic (exact) mass is 318 g/mol. The van der Waals surface area contributed by atoms with E-state index in [-0.39, 0.29) is 10.2 Å². The molecule has 3 heterocycles. The van der Waals surface area contributed by atoms with Crippen LogP contribution in [0.2, 0.25) is 0 Å². The maximum Gasteiger partial charge on any atom is 0.276 e. The van der Waals surface area contributed by atoms with Gasteiger partial charge in [0.2, 0.25) is 0 Å². The normalized spacial score (nSPS) is 10.8. The lowest BCUT2D eigenvalue weighted by atomic mass is 10.2. The van der Waals surface area contributed by atoms with Gasteiger partial charge in [0.05, 0.1) is 11.6 Å². The minimum absolute atomic E-state index is 0.0682. The summed E-state index contributed by atoms with van der Waals surface area (Å²) in [6.45, 7) is 0. The summed E-state index contributed by atoms with van der Waals surface area (Å²) < 4.78 is 1.37. The summed E-state index contributed by atoms with van der Waals surface area (Å²) in [5.41, 5.74) is -0.113. The highest BCUT2D eigenvalue weighted by atomic mass is 79.9. The minimum atomic E-state index is -0.441. The van der Waals surface area contributed by atoms with Gasteiger partial charge >= 0.3 is 0 Å². The van der Waals surface area contributed by atoms with E-state index in [0.29, 0.717) is 16.9 Å². The third kappa shape index (κ3) is 1.78. The molecular weight excluding hydrogens is 312 g/mol. The van der Waals surface area contributed by atoms with Crippen LogP contribution in [-0.4, -0.2) is 24.6 Å². The van der Waals surface area contributed by atoms with Gasteiger partial charge in [0.1, 0.15) is 10.2 Å². The van der Waals surface area contributed by atoms with Crippen molar-refractivity contribution in [2.24, 2.45) is 0 Å². The first-order valence-electron chi connectivity index (χ1n) is 5.34. The van der Waals surface area contributed by atoms with Gasteiger partial charge in [-0.15, -0.1) is 0 Å². The van der Waals surface area contributed by atoms with Crippen molar-refractivity contribution < 1.29 is 5.11 Å². The molecule has 0 bridgehead atoms. The Bertz CT molecular complexity index is 817. The second-order valence-electron chi connectivity index (χ2n) is 3.74. The smallest absolute Gasteiger partial charge is 0.276 e. The van der Waals surface area contributed by atoms with Crippen LogP contribution in [0.5, 0.6) is 5.75 Å². The topological polar surface area (TPSA) is 80.9 Å². The summed E-state index contributed by atoms with van der Waals surface area (Å²) >= 11 is 3.09. The highest BCUT2D eigenvalue weighted by Crippen LogP contribution is 2.29. The van der Waals surface area contributed by atoms with Gasteiger partial charge in [-0.25, -0.2) is 14.5 Å². The second-order valence-corrected chi connectivity index (χ2v) is 4.53. The summed E-state index contributed by atoms with van der Waals surface area (Å²) in [6, 6.07) is 3.36. The van der Waals surface area contributed by atoms with E-state index in [1.807, 2.05) is 0 Å². The van der Waals surface area contributed by atoms with Gasteiger partial charge < -0.3 is 5.11 Å². The van der Waals surface area contributed by atoms with Crippen molar-refractivity contribution in [1.82, 2.24) is 19.5 Å². The molecule has 0 aliphatic rings. The molecule has 0 amide bonds. The van der Waals surface area contributed by atoms with Crippen LogP contribution in [0.1, 0.15) is 0 Å². The largest absolute Gasteiger partial charge is 0.506 e. The predicted molar refractivity (Wildman–Crippen MR) is 72.3 cm³/mol. The number of rotatable bonds is 1. The highest BCUT2D eigenvalue weighted by molar-refractivity contribution is 9.10. The Hall–Kier alpha value is -2.28. The fourth-order valence-corrected chi connectivity index (χ4v) is 2.18. The van der Waals surface area contributed by atoms with Gasteiger partial charge in [-0.05, 0) is 28.1 Å². The van der Waals surface area contributed by atoms with E-state index in [1.165, 1.54) is 23.2 Å². The molecule has 0 aliphatic carbocycles. The molecule has 0 unspecified atom stereocenters. The second kappa shape index (κ2) is 4.43. The van der Waals surface area contributed by atoms with Gasteiger partial charge in [-0.3, -0.25) is 9.78 Å². The SMILES string of the molecule is O=c1c(Br)c(O)c2cccnc2n1-c1cnccn1. The van der Waals surface area contributed by atoms with Crippen molar-refractivity contribution in [3.8, 4) is 11.6 Å². The molecular formula is C12H7BrN4O2. The van der Waals surface area contributed by atoms with Crippen LogP contribution in [0.4, 0.5) is 0 Å². The van der Waals surface area contributed by atoms with Crippen molar-refractivity contribution in [1.29, 1.82) is 0 Å². The molecule has 3 rings (SSSR count). The number of hydrogen-bond acceptors (Lipinski definition) is 5. The lowest BCUT2D eigenvalue weighted by molar-refractivity contribution is 0.476. The van der Waals surface area contributed by atoms with Crippen LogP contribution < -0.4 is 5.56 Å². The Morgan fingerprint density at radius 1 is 1.21 bits per heavy atom. The Morgan fingerprint density at radius 3 is 2.79 bits per heavy atom. The molecule has 0 aromatic carbocycles. The van der Waals surface area contributed by atoms with Crippen LogP contribution in [0.25, 0.3) is 16.9 Å². The maximum absolute atomic E-state index is 12.3. The molecule has 0 spiro atoms. The Labute approximate surface area is 115 Å². The average molecular weight is 319 g/mol. The number of halogens is 1. The van der Waals surface area contributed by atoms with Crippen molar-refractivity contribution in [3.63, 3.8) is 0 Å². The maximum atomic E-state index is 12.3. The molecule has 0 aliphatic heterocycles. The van der Waals surface area contributed by atoms with Crippen molar-refractivity contribution in [3.05, 3.63) is 51.7 Å². The van der Waals surface area contributed by atoms with Crippen LogP contribution in [0, 0.1) is 0 Å². The Kier molecular flexibility index (Phi) is 2.75. The molecule has 19 heavy (non-hydrogen) atoms.